The van der Waals surface area contributed by atoms with Gasteiger partial charge >= 0.3 is 11.9 Å². The van der Waals surface area contributed by atoms with Gasteiger partial charge in [0.15, 0.2) is 0 Å². The van der Waals surface area contributed by atoms with Crippen molar-refractivity contribution in [2.24, 2.45) is 0 Å². The molecule has 10 nitrogen and oxygen atoms in total. The number of rotatable bonds is 13. The van der Waals surface area contributed by atoms with Crippen molar-refractivity contribution in [2.75, 3.05) is 19.7 Å². The first-order valence-electron chi connectivity index (χ1n) is 11.0. The molecule has 1 aromatic carbocycles. The van der Waals surface area contributed by atoms with Crippen LogP contribution in [0.1, 0.15) is 57.9 Å². The van der Waals surface area contributed by atoms with Crippen molar-refractivity contribution in [3.05, 3.63) is 56.4 Å². The van der Waals surface area contributed by atoms with E-state index in [1.807, 2.05) is 0 Å². The average Bonchev–Trinajstić information content (AvgIpc) is 2.74. The molecule has 0 radical (unpaired) electrons. The van der Waals surface area contributed by atoms with Gasteiger partial charge in [-0.2, -0.15) is 0 Å². The van der Waals surface area contributed by atoms with Crippen LogP contribution in [-0.2, 0) is 9.59 Å². The van der Waals surface area contributed by atoms with Crippen LogP contribution in [0.25, 0.3) is 0 Å². The summed E-state index contributed by atoms with van der Waals surface area (Å²) in [4.78, 5) is 34.9. The number of allylic oxidation sites excluding steroid dienone is 2. The maximum atomic E-state index is 12.1. The predicted molar refractivity (Wildman–Crippen MR) is 129 cm³/mol. The summed E-state index contributed by atoms with van der Waals surface area (Å²) in [5, 5.41) is 37.2. The molecule has 0 aromatic heterocycles. The molecule has 0 atom stereocenters. The second-order valence-electron chi connectivity index (χ2n) is 7.88. The van der Waals surface area contributed by atoms with Gasteiger partial charge < -0.3 is 25.6 Å². The Labute approximate surface area is 204 Å². The summed E-state index contributed by atoms with van der Waals surface area (Å²) in [7, 11) is 0. The van der Waals surface area contributed by atoms with Gasteiger partial charge in [0.25, 0.3) is 5.69 Å². The number of hydrogen-bond donors (Lipinski definition) is 4. The lowest BCUT2D eigenvalue weighted by Gasteiger charge is -2.29. The van der Waals surface area contributed by atoms with E-state index in [1.54, 1.807) is 0 Å². The molecule has 0 aliphatic carbocycles. The van der Waals surface area contributed by atoms with Gasteiger partial charge in [-0.15, -0.1) is 12.4 Å². The van der Waals surface area contributed by atoms with E-state index in [0.29, 0.717) is 13.0 Å². The van der Waals surface area contributed by atoms with Crippen LogP contribution in [0.2, 0.25) is 0 Å². The molecular weight excluding hydrogens is 466 g/mol. The van der Waals surface area contributed by atoms with Crippen LogP contribution in [0.15, 0.2) is 40.7 Å². The summed E-state index contributed by atoms with van der Waals surface area (Å²) in [6.07, 6.45) is 3.80. The number of halogens is 1. The maximum absolute atomic E-state index is 12.1. The first-order chi connectivity index (χ1) is 15.7. The van der Waals surface area contributed by atoms with Crippen LogP contribution in [0, 0.1) is 10.1 Å². The number of non-ortho nitro benzene ring substituents is 1. The second kappa shape index (κ2) is 13.6. The fourth-order valence-electron chi connectivity index (χ4n) is 3.84. The van der Waals surface area contributed by atoms with Crippen molar-refractivity contribution < 1.29 is 29.5 Å². The molecule has 0 amide bonds. The molecule has 0 saturated carbocycles. The highest BCUT2D eigenvalue weighted by Gasteiger charge is 2.38. The minimum Gasteiger partial charge on any atom is -0.493 e. The van der Waals surface area contributed by atoms with Crippen molar-refractivity contribution in [3.8, 4) is 5.75 Å². The second-order valence-corrected chi connectivity index (χ2v) is 7.88. The predicted octanol–water partition coefficient (Wildman–Crippen LogP) is 3.97. The van der Waals surface area contributed by atoms with Crippen LogP contribution in [0.4, 0.5) is 5.69 Å². The maximum Gasteiger partial charge on any atom is 0.334 e. The van der Waals surface area contributed by atoms with E-state index in [-0.39, 0.29) is 51.9 Å². The molecule has 1 heterocycles. The standard InChI is InChI=1S/C23H31N3O7.ClH/c1-4-5-10-24-11-6-7-12-33-18-9-8-16(26(31)32)13-17(18)21-19(22(27)28)14(2)25-15(3)20(21)23(29)30;/h8-9,13,21,24-25H,4-7,10-12H2,1-3H3,(H,27,28)(H,29,30);1H. The normalized spacial score (nSPS) is 13.9. The third-order valence-electron chi connectivity index (χ3n) is 5.45. The first-order valence-corrected chi connectivity index (χ1v) is 11.0. The summed E-state index contributed by atoms with van der Waals surface area (Å²) in [6.45, 7) is 7.28. The van der Waals surface area contributed by atoms with E-state index in [0.717, 1.165) is 32.4 Å². The lowest BCUT2D eigenvalue weighted by Crippen LogP contribution is -2.31. The van der Waals surface area contributed by atoms with Gasteiger partial charge in [0, 0.05) is 29.1 Å². The molecule has 4 N–H and O–H groups in total. The number of benzene rings is 1. The van der Waals surface area contributed by atoms with E-state index >= 15 is 0 Å². The zero-order chi connectivity index (χ0) is 24.5. The number of nitro groups is 1. The van der Waals surface area contributed by atoms with Gasteiger partial charge in [0.1, 0.15) is 5.75 Å². The zero-order valence-electron chi connectivity index (χ0n) is 19.6. The minimum atomic E-state index is -1.31. The van der Waals surface area contributed by atoms with Gasteiger partial charge in [0.05, 0.1) is 28.6 Å². The van der Waals surface area contributed by atoms with Gasteiger partial charge in [-0.1, -0.05) is 13.3 Å². The summed E-state index contributed by atoms with van der Waals surface area (Å²) in [6, 6.07) is 3.86. The number of carbonyl (C=O) groups is 2. The minimum absolute atomic E-state index is 0. The fraction of sp³-hybridized carbons (Fsp3) is 0.478. The van der Waals surface area contributed by atoms with E-state index < -0.39 is 22.8 Å². The van der Waals surface area contributed by atoms with Crippen LogP contribution in [0.3, 0.4) is 0 Å². The summed E-state index contributed by atoms with van der Waals surface area (Å²) < 4.78 is 5.88. The summed E-state index contributed by atoms with van der Waals surface area (Å²) in [5.41, 5.74) is 0.0178. The van der Waals surface area contributed by atoms with Crippen molar-refractivity contribution >= 4 is 30.0 Å². The Hall–Kier alpha value is -3.11. The van der Waals surface area contributed by atoms with Gasteiger partial charge in [-0.05, 0) is 52.3 Å². The van der Waals surface area contributed by atoms with Gasteiger partial charge in [0.2, 0.25) is 0 Å². The van der Waals surface area contributed by atoms with Crippen molar-refractivity contribution in [3.63, 3.8) is 0 Å². The number of ether oxygens (including phenoxy) is 1. The summed E-state index contributed by atoms with van der Waals surface area (Å²) >= 11 is 0. The Morgan fingerprint density at radius 2 is 1.68 bits per heavy atom. The van der Waals surface area contributed by atoms with Crippen molar-refractivity contribution in [1.29, 1.82) is 0 Å². The molecular formula is C23H32ClN3O7. The molecule has 0 bridgehead atoms. The Kier molecular flexibility index (Phi) is 11.5. The average molecular weight is 498 g/mol. The Bertz CT molecular complexity index is 939. The molecule has 0 fully saturated rings. The quantitative estimate of drug-likeness (QED) is 0.180. The first kappa shape index (κ1) is 28.9. The Morgan fingerprint density at radius 3 is 2.21 bits per heavy atom. The lowest BCUT2D eigenvalue weighted by atomic mass is 9.80. The lowest BCUT2D eigenvalue weighted by molar-refractivity contribution is -0.384. The highest BCUT2D eigenvalue weighted by Crippen LogP contribution is 2.43. The highest BCUT2D eigenvalue weighted by atomic mass is 35.5. The van der Waals surface area contributed by atoms with Crippen molar-refractivity contribution in [2.45, 2.75) is 52.4 Å². The van der Waals surface area contributed by atoms with Crippen LogP contribution >= 0.6 is 12.4 Å². The van der Waals surface area contributed by atoms with Crippen LogP contribution in [-0.4, -0.2) is 46.8 Å². The number of hydrogen-bond acceptors (Lipinski definition) is 7. The number of dihydropyridines is 1. The molecule has 0 spiro atoms. The molecule has 1 aromatic rings. The summed E-state index contributed by atoms with van der Waals surface area (Å²) in [5.74, 6) is -3.63. The molecule has 11 heteroatoms. The third-order valence-corrected chi connectivity index (χ3v) is 5.45. The number of carboxylic acid groups (broad SMARTS) is 2. The van der Waals surface area contributed by atoms with E-state index in [9.17, 15) is 29.9 Å². The Morgan fingerprint density at radius 1 is 1.09 bits per heavy atom. The largest absolute Gasteiger partial charge is 0.493 e. The molecule has 2 rings (SSSR count). The molecule has 34 heavy (non-hydrogen) atoms. The monoisotopic (exact) mass is 497 g/mol. The highest BCUT2D eigenvalue weighted by molar-refractivity contribution is 5.98. The third kappa shape index (κ3) is 7.19. The Balaban J connectivity index is 0.00000578. The van der Waals surface area contributed by atoms with E-state index in [1.165, 1.54) is 32.0 Å². The van der Waals surface area contributed by atoms with Gasteiger partial charge in [-0.3, -0.25) is 10.1 Å². The number of unbranched alkanes of at least 4 members (excludes halogenated alkanes) is 2. The number of nitrogens with zero attached hydrogens (tertiary/aromatic N) is 1. The van der Waals surface area contributed by atoms with Gasteiger partial charge in [-0.25, -0.2) is 9.59 Å². The molecule has 1 aliphatic heterocycles. The SMILES string of the molecule is CCCCNCCCCOc1ccc([N+](=O)[O-])cc1C1C(C(=O)O)=C(C)NC(C)=C1C(=O)O.Cl. The van der Waals surface area contributed by atoms with E-state index in [2.05, 4.69) is 17.6 Å². The fourth-order valence-corrected chi connectivity index (χ4v) is 3.84. The number of nitro benzene ring substituents is 1. The number of nitrogens with one attached hydrogen (secondary N) is 2. The van der Waals surface area contributed by atoms with E-state index in [4.69, 9.17) is 4.74 Å². The molecule has 188 valence electrons. The molecule has 0 unspecified atom stereocenters. The van der Waals surface area contributed by atoms with Crippen LogP contribution in [0.5, 0.6) is 5.75 Å². The van der Waals surface area contributed by atoms with Crippen LogP contribution < -0.4 is 15.4 Å². The number of carboxylic acids is 2. The molecule has 0 saturated heterocycles. The molecule has 1 aliphatic rings. The van der Waals surface area contributed by atoms with Crippen molar-refractivity contribution in [1.82, 2.24) is 10.6 Å². The topological polar surface area (TPSA) is 151 Å². The number of aliphatic carboxylic acids is 2. The smallest absolute Gasteiger partial charge is 0.334 e. The zero-order valence-corrected chi connectivity index (χ0v) is 20.4.